The minimum Gasteiger partial charge on any atom is -0.363 e. The molecule has 1 atom stereocenters. The van der Waals surface area contributed by atoms with Gasteiger partial charge in [0.25, 0.3) is 0 Å². The van der Waals surface area contributed by atoms with Crippen LogP contribution >= 0.6 is 0 Å². The molecule has 21 heavy (non-hydrogen) atoms. The van der Waals surface area contributed by atoms with Crippen molar-refractivity contribution in [2.45, 2.75) is 19.9 Å². The summed E-state index contributed by atoms with van der Waals surface area (Å²) in [6.45, 7) is 7.54. The Kier molecular flexibility index (Phi) is 5.82. The maximum Gasteiger partial charge on any atom is 0.0669 e. The molecule has 0 amide bonds. The van der Waals surface area contributed by atoms with Crippen molar-refractivity contribution in [3.63, 3.8) is 0 Å². The van der Waals surface area contributed by atoms with Crippen molar-refractivity contribution in [1.29, 1.82) is 0 Å². The molecule has 0 spiro atoms. The third-order valence-electron chi connectivity index (χ3n) is 4.01. The number of benzene rings is 2. The van der Waals surface area contributed by atoms with E-state index in [1.165, 1.54) is 11.3 Å². The van der Waals surface area contributed by atoms with E-state index in [-0.39, 0.29) is 0 Å². The van der Waals surface area contributed by atoms with E-state index >= 15 is 0 Å². The van der Waals surface area contributed by atoms with Crippen LogP contribution in [0.2, 0.25) is 0 Å². The largest absolute Gasteiger partial charge is 0.363 e. The van der Waals surface area contributed by atoms with Gasteiger partial charge in [-0.05, 0) is 38.2 Å². The van der Waals surface area contributed by atoms with Crippen molar-refractivity contribution in [3.8, 4) is 0 Å². The lowest BCUT2D eigenvalue weighted by molar-refractivity contribution is 0.321. The van der Waals surface area contributed by atoms with Gasteiger partial charge in [-0.25, -0.2) is 0 Å². The smallest absolute Gasteiger partial charge is 0.0669 e. The second kappa shape index (κ2) is 7.84. The molecule has 1 unspecified atom stereocenters. The lowest BCUT2D eigenvalue weighted by Gasteiger charge is -2.35. The Morgan fingerprint density at radius 3 is 1.90 bits per heavy atom. The Hall–Kier alpha value is -1.80. The molecule has 0 bridgehead atoms. The summed E-state index contributed by atoms with van der Waals surface area (Å²) in [6, 6.07) is 21.9. The minimum absolute atomic E-state index is 0.378. The highest BCUT2D eigenvalue weighted by molar-refractivity contribution is 5.48. The molecule has 0 aliphatic carbocycles. The number of anilines is 1. The van der Waals surface area contributed by atoms with E-state index in [9.17, 15) is 0 Å². The highest BCUT2D eigenvalue weighted by Crippen LogP contribution is 2.27. The highest BCUT2D eigenvalue weighted by Gasteiger charge is 2.20. The van der Waals surface area contributed by atoms with Crippen molar-refractivity contribution in [2.24, 2.45) is 0 Å². The molecule has 2 rings (SSSR count). The monoisotopic (exact) mass is 282 g/mol. The van der Waals surface area contributed by atoms with Crippen molar-refractivity contribution in [3.05, 3.63) is 66.2 Å². The van der Waals surface area contributed by atoms with Gasteiger partial charge in [0.1, 0.15) is 0 Å². The molecule has 0 radical (unpaired) electrons. The minimum atomic E-state index is 0.378. The van der Waals surface area contributed by atoms with Gasteiger partial charge in [0.2, 0.25) is 0 Å². The normalized spacial score (nSPS) is 12.4. The summed E-state index contributed by atoms with van der Waals surface area (Å²) in [7, 11) is 2.19. The molecular weight excluding hydrogens is 256 g/mol. The van der Waals surface area contributed by atoms with Crippen LogP contribution < -0.4 is 4.90 Å². The third kappa shape index (κ3) is 4.08. The van der Waals surface area contributed by atoms with Crippen molar-refractivity contribution in [1.82, 2.24) is 4.90 Å². The molecule has 0 aromatic heterocycles. The molecule has 2 heteroatoms. The van der Waals surface area contributed by atoms with Gasteiger partial charge in [-0.2, -0.15) is 0 Å². The fraction of sp³-hybridized carbons (Fsp3) is 0.368. The van der Waals surface area contributed by atoms with Crippen LogP contribution in [0.5, 0.6) is 0 Å². The molecule has 0 aliphatic heterocycles. The van der Waals surface area contributed by atoms with Crippen LogP contribution in [0.1, 0.15) is 25.5 Å². The average Bonchev–Trinajstić information content (AvgIpc) is 2.56. The van der Waals surface area contributed by atoms with E-state index in [0.29, 0.717) is 6.04 Å². The van der Waals surface area contributed by atoms with Gasteiger partial charge >= 0.3 is 0 Å². The summed E-state index contributed by atoms with van der Waals surface area (Å²) < 4.78 is 0. The number of hydrogen-bond donors (Lipinski definition) is 0. The zero-order valence-corrected chi connectivity index (χ0v) is 13.4. The molecule has 0 saturated carbocycles. The summed E-state index contributed by atoms with van der Waals surface area (Å²) in [6.07, 6.45) is 0. The maximum absolute atomic E-state index is 2.49. The van der Waals surface area contributed by atoms with Crippen LogP contribution in [0.3, 0.4) is 0 Å². The molecule has 2 nitrogen and oxygen atoms in total. The first-order valence-corrected chi connectivity index (χ1v) is 7.81. The zero-order chi connectivity index (χ0) is 15.1. The fourth-order valence-corrected chi connectivity index (χ4v) is 2.69. The Bertz CT molecular complexity index is 510. The molecule has 0 aliphatic rings. The Morgan fingerprint density at radius 2 is 1.38 bits per heavy atom. The second-order valence-electron chi connectivity index (χ2n) is 5.40. The van der Waals surface area contributed by atoms with E-state index in [4.69, 9.17) is 0 Å². The molecule has 2 aromatic rings. The molecule has 0 fully saturated rings. The lowest BCUT2D eigenvalue weighted by atomic mass is 10.0. The lowest BCUT2D eigenvalue weighted by Crippen LogP contribution is -2.36. The first-order chi connectivity index (χ1) is 10.3. The summed E-state index contributed by atoms with van der Waals surface area (Å²) >= 11 is 0. The Balaban J connectivity index is 2.33. The second-order valence-corrected chi connectivity index (χ2v) is 5.40. The maximum atomic E-state index is 2.49. The predicted octanol–water partition coefficient (Wildman–Crippen LogP) is 4.21. The molecular formula is C19H26N2. The number of hydrogen-bond acceptors (Lipinski definition) is 2. The zero-order valence-electron chi connectivity index (χ0n) is 13.4. The van der Waals surface area contributed by atoms with Gasteiger partial charge in [0.15, 0.2) is 0 Å². The highest BCUT2D eigenvalue weighted by atomic mass is 15.2. The van der Waals surface area contributed by atoms with Crippen LogP contribution in [0, 0.1) is 0 Å². The number of nitrogens with zero attached hydrogens (tertiary/aromatic N) is 2. The topological polar surface area (TPSA) is 6.48 Å². The Morgan fingerprint density at radius 1 is 0.810 bits per heavy atom. The van der Waals surface area contributed by atoms with E-state index in [1.54, 1.807) is 0 Å². The van der Waals surface area contributed by atoms with Crippen molar-refractivity contribution < 1.29 is 0 Å². The van der Waals surface area contributed by atoms with Gasteiger partial charge in [-0.15, -0.1) is 0 Å². The first kappa shape index (κ1) is 15.6. The van der Waals surface area contributed by atoms with Gasteiger partial charge in [-0.3, -0.25) is 0 Å². The summed E-state index contributed by atoms with van der Waals surface area (Å²) in [4.78, 5) is 4.87. The first-order valence-electron chi connectivity index (χ1n) is 7.81. The Labute approximate surface area is 129 Å². The molecule has 112 valence electrons. The van der Waals surface area contributed by atoms with Gasteiger partial charge in [0, 0.05) is 18.8 Å². The van der Waals surface area contributed by atoms with E-state index in [0.717, 1.165) is 19.6 Å². The third-order valence-corrected chi connectivity index (χ3v) is 4.01. The SMILES string of the molecule is CCN(C)CC(c1ccccc1)N(CC)c1ccccc1. The van der Waals surface area contributed by atoms with Crippen LogP contribution in [-0.4, -0.2) is 31.6 Å². The van der Waals surface area contributed by atoms with Crippen LogP contribution in [0.4, 0.5) is 5.69 Å². The number of para-hydroxylation sites is 1. The predicted molar refractivity (Wildman–Crippen MR) is 91.8 cm³/mol. The van der Waals surface area contributed by atoms with Gasteiger partial charge in [-0.1, -0.05) is 55.5 Å². The number of likely N-dealkylation sites (N-methyl/N-ethyl adjacent to an activating group) is 2. The van der Waals surface area contributed by atoms with E-state index in [2.05, 4.69) is 91.4 Å². The summed E-state index contributed by atoms with van der Waals surface area (Å²) in [5, 5.41) is 0. The van der Waals surface area contributed by atoms with Gasteiger partial charge in [0.05, 0.1) is 6.04 Å². The van der Waals surface area contributed by atoms with Gasteiger partial charge < -0.3 is 9.80 Å². The quantitative estimate of drug-likeness (QED) is 0.750. The summed E-state index contributed by atoms with van der Waals surface area (Å²) in [5.41, 5.74) is 2.67. The van der Waals surface area contributed by atoms with Crippen LogP contribution in [0.15, 0.2) is 60.7 Å². The van der Waals surface area contributed by atoms with Crippen LogP contribution in [0.25, 0.3) is 0 Å². The number of rotatable bonds is 7. The molecule has 0 saturated heterocycles. The average molecular weight is 282 g/mol. The molecule has 0 heterocycles. The fourth-order valence-electron chi connectivity index (χ4n) is 2.69. The standard InChI is InChI=1S/C19H26N2/c1-4-20(3)16-19(17-12-8-6-9-13-17)21(5-2)18-14-10-7-11-15-18/h6-15,19H,4-5,16H2,1-3H3. The van der Waals surface area contributed by atoms with Crippen LogP contribution in [-0.2, 0) is 0 Å². The molecule has 0 N–H and O–H groups in total. The van der Waals surface area contributed by atoms with E-state index in [1.807, 2.05) is 0 Å². The summed E-state index contributed by atoms with van der Waals surface area (Å²) in [5.74, 6) is 0. The van der Waals surface area contributed by atoms with Crippen molar-refractivity contribution >= 4 is 5.69 Å². The molecule has 2 aromatic carbocycles. The van der Waals surface area contributed by atoms with E-state index < -0.39 is 0 Å². The van der Waals surface area contributed by atoms with Crippen molar-refractivity contribution in [2.75, 3.05) is 31.6 Å².